The maximum absolute atomic E-state index is 11.9. The zero-order chi connectivity index (χ0) is 10.8. The van der Waals surface area contributed by atoms with Crippen LogP contribution in [0.5, 0.6) is 5.75 Å². The second-order valence-electron chi connectivity index (χ2n) is 2.16. The van der Waals surface area contributed by atoms with Gasteiger partial charge in [0.1, 0.15) is 0 Å². The Kier molecular flexibility index (Phi) is 2.54. The van der Waals surface area contributed by atoms with Crippen LogP contribution in [0.4, 0.5) is 18.0 Å². The third-order valence-corrected chi connectivity index (χ3v) is 1.10. The molecule has 8 heteroatoms. The van der Waals surface area contributed by atoms with Gasteiger partial charge in [-0.15, -0.1) is 0 Å². The topological polar surface area (TPSA) is 78.1 Å². The second kappa shape index (κ2) is 3.48. The number of amides is 1. The van der Waals surface area contributed by atoms with E-state index in [9.17, 15) is 18.0 Å². The number of carbonyl (C=O) groups excluding carboxylic acids is 1. The van der Waals surface area contributed by atoms with Gasteiger partial charge in [-0.25, -0.2) is 14.8 Å². The van der Waals surface area contributed by atoms with Gasteiger partial charge >= 0.3 is 12.3 Å². The molecule has 1 heterocycles. The van der Waals surface area contributed by atoms with E-state index >= 15 is 0 Å². The lowest BCUT2D eigenvalue weighted by Gasteiger charge is -2.04. The van der Waals surface area contributed by atoms with Crippen LogP contribution in [0.1, 0.15) is 5.82 Å². The third-order valence-electron chi connectivity index (χ3n) is 1.10. The van der Waals surface area contributed by atoms with Crippen molar-refractivity contribution in [3.63, 3.8) is 0 Å². The summed E-state index contributed by atoms with van der Waals surface area (Å²) >= 11 is 0. The monoisotopic (exact) mass is 207 g/mol. The summed E-state index contributed by atoms with van der Waals surface area (Å²) in [5.74, 6) is -1.56. The Labute approximate surface area is 75.7 Å². The number of halogens is 3. The van der Waals surface area contributed by atoms with Gasteiger partial charge in [0.25, 0.3) is 0 Å². The summed E-state index contributed by atoms with van der Waals surface area (Å²) in [6.07, 6.45) is -4.35. The van der Waals surface area contributed by atoms with Gasteiger partial charge < -0.3 is 10.5 Å². The maximum atomic E-state index is 11.9. The molecule has 2 N–H and O–H groups in total. The number of hydrogen-bond acceptors (Lipinski definition) is 4. The fourth-order valence-corrected chi connectivity index (χ4v) is 0.631. The van der Waals surface area contributed by atoms with Gasteiger partial charge in [-0.05, 0) is 0 Å². The number of carbonyl (C=O) groups is 1. The highest BCUT2D eigenvalue weighted by atomic mass is 19.4. The molecule has 0 atom stereocenters. The number of aromatic nitrogens is 2. The number of ether oxygens (including phenoxy) is 1. The average molecular weight is 207 g/mol. The smallest absolute Gasteiger partial charge is 0.407 e. The van der Waals surface area contributed by atoms with Gasteiger partial charge in [0, 0.05) is 0 Å². The van der Waals surface area contributed by atoms with Crippen LogP contribution in [0.2, 0.25) is 0 Å². The predicted molar refractivity (Wildman–Crippen MR) is 37.2 cm³/mol. The van der Waals surface area contributed by atoms with Crippen molar-refractivity contribution in [2.24, 2.45) is 5.73 Å². The zero-order valence-electron chi connectivity index (χ0n) is 6.58. The summed E-state index contributed by atoms with van der Waals surface area (Å²) in [4.78, 5) is 16.0. The Morgan fingerprint density at radius 2 is 1.86 bits per heavy atom. The summed E-state index contributed by atoms with van der Waals surface area (Å²) in [5, 5.41) is 0. The minimum atomic E-state index is -4.62. The molecule has 0 aliphatic rings. The number of nitrogens with two attached hydrogens (primary N) is 1. The molecule has 5 nitrogen and oxygen atoms in total. The van der Waals surface area contributed by atoms with Gasteiger partial charge in [-0.2, -0.15) is 13.2 Å². The van der Waals surface area contributed by atoms with Crippen molar-refractivity contribution >= 4 is 6.09 Å². The zero-order valence-corrected chi connectivity index (χ0v) is 6.58. The molecule has 0 saturated heterocycles. The van der Waals surface area contributed by atoms with Gasteiger partial charge in [0.05, 0.1) is 12.4 Å². The Bertz CT molecular complexity index is 335. The van der Waals surface area contributed by atoms with Crippen molar-refractivity contribution in [2.75, 3.05) is 0 Å². The van der Waals surface area contributed by atoms with Crippen LogP contribution >= 0.6 is 0 Å². The van der Waals surface area contributed by atoms with Gasteiger partial charge in [-0.1, -0.05) is 0 Å². The lowest BCUT2D eigenvalue weighted by atomic mass is 10.5. The predicted octanol–water partition coefficient (Wildman–Crippen LogP) is 0.953. The van der Waals surface area contributed by atoms with E-state index in [0.717, 1.165) is 0 Å². The Balaban J connectivity index is 2.84. The van der Waals surface area contributed by atoms with Crippen LogP contribution in [-0.4, -0.2) is 16.1 Å². The number of alkyl halides is 3. The molecule has 76 valence electrons. The molecule has 0 aliphatic carbocycles. The highest BCUT2D eigenvalue weighted by molar-refractivity contribution is 5.67. The SMILES string of the molecule is NC(=O)Oc1cnc(C(F)(F)F)nc1. The lowest BCUT2D eigenvalue weighted by molar-refractivity contribution is -0.145. The second-order valence-corrected chi connectivity index (χ2v) is 2.16. The quantitative estimate of drug-likeness (QED) is 0.743. The van der Waals surface area contributed by atoms with Crippen LogP contribution in [-0.2, 0) is 6.18 Å². The summed E-state index contributed by atoms with van der Waals surface area (Å²) in [6, 6.07) is 0. The first-order valence-electron chi connectivity index (χ1n) is 3.26. The fraction of sp³-hybridized carbons (Fsp3) is 0.167. The largest absolute Gasteiger partial charge is 0.451 e. The molecule has 0 spiro atoms. The Morgan fingerprint density at radius 3 is 2.21 bits per heavy atom. The van der Waals surface area contributed by atoms with Crippen molar-refractivity contribution in [3.8, 4) is 5.75 Å². The molecule has 0 unspecified atom stereocenters. The van der Waals surface area contributed by atoms with Gasteiger partial charge in [0.2, 0.25) is 5.82 Å². The lowest BCUT2D eigenvalue weighted by Crippen LogP contribution is -2.17. The first-order chi connectivity index (χ1) is 6.39. The number of hydrogen-bond donors (Lipinski definition) is 1. The highest BCUT2D eigenvalue weighted by Gasteiger charge is 2.34. The van der Waals surface area contributed by atoms with Crippen molar-refractivity contribution in [3.05, 3.63) is 18.2 Å². The molecule has 1 aromatic heterocycles. The molecule has 1 amide bonds. The number of rotatable bonds is 1. The summed E-state index contributed by atoms with van der Waals surface area (Å²) < 4.78 is 40.0. The van der Waals surface area contributed by atoms with Crippen LogP contribution in [0.15, 0.2) is 12.4 Å². The van der Waals surface area contributed by atoms with E-state index in [1.165, 1.54) is 0 Å². The van der Waals surface area contributed by atoms with Gasteiger partial charge in [-0.3, -0.25) is 0 Å². The molecule has 1 rings (SSSR count). The van der Waals surface area contributed by atoms with Crippen LogP contribution in [0.3, 0.4) is 0 Å². The first kappa shape index (κ1) is 10.2. The van der Waals surface area contributed by atoms with E-state index in [0.29, 0.717) is 12.4 Å². The number of nitrogens with zero attached hydrogens (tertiary/aromatic N) is 2. The molecule has 1 aromatic rings. The maximum Gasteiger partial charge on any atom is 0.451 e. The Hall–Kier alpha value is -1.86. The van der Waals surface area contributed by atoms with Crippen molar-refractivity contribution in [1.82, 2.24) is 9.97 Å². The van der Waals surface area contributed by atoms with Crippen LogP contribution in [0.25, 0.3) is 0 Å². The minimum absolute atomic E-state index is 0.245. The Morgan fingerprint density at radius 1 is 1.36 bits per heavy atom. The van der Waals surface area contributed by atoms with E-state index in [1.54, 1.807) is 0 Å². The molecule has 0 fully saturated rings. The van der Waals surface area contributed by atoms with Crippen molar-refractivity contribution < 1.29 is 22.7 Å². The summed E-state index contributed by atoms with van der Waals surface area (Å²) in [6.45, 7) is 0. The molecule has 0 radical (unpaired) electrons. The number of primary amides is 1. The molecule has 0 bridgehead atoms. The molecule has 0 saturated carbocycles. The van der Waals surface area contributed by atoms with Gasteiger partial charge in [0.15, 0.2) is 5.75 Å². The van der Waals surface area contributed by atoms with Crippen LogP contribution < -0.4 is 10.5 Å². The normalized spacial score (nSPS) is 11.1. The molecular formula is C6H4F3N3O2. The molecule has 14 heavy (non-hydrogen) atoms. The van der Waals surface area contributed by atoms with E-state index in [4.69, 9.17) is 0 Å². The van der Waals surface area contributed by atoms with E-state index in [1.807, 2.05) is 0 Å². The average Bonchev–Trinajstić information content (AvgIpc) is 2.02. The third kappa shape index (κ3) is 2.57. The first-order valence-corrected chi connectivity index (χ1v) is 3.26. The minimum Gasteiger partial charge on any atom is -0.407 e. The fourth-order valence-electron chi connectivity index (χ4n) is 0.631. The molecular weight excluding hydrogens is 203 g/mol. The highest BCUT2D eigenvalue weighted by Crippen LogP contribution is 2.25. The van der Waals surface area contributed by atoms with Crippen molar-refractivity contribution in [2.45, 2.75) is 6.18 Å². The van der Waals surface area contributed by atoms with E-state index < -0.39 is 18.1 Å². The van der Waals surface area contributed by atoms with E-state index in [2.05, 4.69) is 20.4 Å². The summed E-state index contributed by atoms with van der Waals surface area (Å²) in [7, 11) is 0. The van der Waals surface area contributed by atoms with Crippen molar-refractivity contribution in [1.29, 1.82) is 0 Å². The summed E-state index contributed by atoms with van der Waals surface area (Å²) in [5.41, 5.74) is 4.61. The standard InChI is InChI=1S/C6H4F3N3O2/c7-6(8,9)4-11-1-3(2-12-4)14-5(10)13/h1-2H,(H2,10,13). The molecule has 0 aromatic carbocycles. The van der Waals surface area contributed by atoms with Crippen LogP contribution in [0, 0.1) is 0 Å². The van der Waals surface area contributed by atoms with E-state index in [-0.39, 0.29) is 5.75 Å². The molecule has 0 aliphatic heterocycles.